The van der Waals surface area contributed by atoms with Crippen LogP contribution >= 0.6 is 0 Å². The zero-order valence-corrected chi connectivity index (χ0v) is 9.56. The number of carbonyl (C=O) groups is 2. The van der Waals surface area contributed by atoms with Crippen molar-refractivity contribution in [3.63, 3.8) is 0 Å². The van der Waals surface area contributed by atoms with Crippen molar-refractivity contribution in [1.82, 2.24) is 4.90 Å². The standard InChI is InChI=1S/C13H15NO2/c1-3-12(15)9(2)14-8-10-6-4-5-7-11(10)13(14)16/h4-7,9H,3,8H2,1-2H3. The van der Waals surface area contributed by atoms with Crippen molar-refractivity contribution in [1.29, 1.82) is 0 Å². The third-order valence-corrected chi connectivity index (χ3v) is 3.13. The van der Waals surface area contributed by atoms with E-state index in [1.54, 1.807) is 11.8 Å². The van der Waals surface area contributed by atoms with Gasteiger partial charge >= 0.3 is 0 Å². The van der Waals surface area contributed by atoms with Crippen LogP contribution in [-0.2, 0) is 11.3 Å². The Kier molecular flexibility index (Phi) is 2.77. The highest BCUT2D eigenvalue weighted by Gasteiger charge is 2.32. The second-order valence-corrected chi connectivity index (χ2v) is 4.09. The summed E-state index contributed by atoms with van der Waals surface area (Å²) in [7, 11) is 0. The Hall–Kier alpha value is -1.64. The Labute approximate surface area is 95.1 Å². The van der Waals surface area contributed by atoms with E-state index < -0.39 is 0 Å². The van der Waals surface area contributed by atoms with E-state index in [2.05, 4.69) is 0 Å². The number of benzene rings is 1. The van der Waals surface area contributed by atoms with Crippen LogP contribution in [-0.4, -0.2) is 22.6 Å². The first-order chi connectivity index (χ1) is 7.65. The number of hydrogen-bond acceptors (Lipinski definition) is 2. The number of nitrogens with zero attached hydrogens (tertiary/aromatic N) is 1. The highest BCUT2D eigenvalue weighted by atomic mass is 16.2. The molecule has 0 spiro atoms. The molecule has 2 rings (SSSR count). The molecular formula is C13H15NO2. The van der Waals surface area contributed by atoms with Crippen LogP contribution < -0.4 is 0 Å². The molecule has 1 unspecified atom stereocenters. The van der Waals surface area contributed by atoms with E-state index >= 15 is 0 Å². The molecule has 0 saturated heterocycles. The van der Waals surface area contributed by atoms with Gasteiger partial charge in [0.25, 0.3) is 5.91 Å². The van der Waals surface area contributed by atoms with Crippen molar-refractivity contribution in [2.24, 2.45) is 0 Å². The molecule has 0 saturated carbocycles. The summed E-state index contributed by atoms with van der Waals surface area (Å²) in [4.78, 5) is 25.3. The molecule has 0 bridgehead atoms. The molecule has 0 aromatic heterocycles. The number of ketones is 1. The van der Waals surface area contributed by atoms with E-state index in [1.807, 2.05) is 31.2 Å². The molecule has 84 valence electrons. The first-order valence-corrected chi connectivity index (χ1v) is 5.56. The molecule has 1 aliphatic heterocycles. The van der Waals surface area contributed by atoms with Crippen LogP contribution in [0.2, 0.25) is 0 Å². The zero-order chi connectivity index (χ0) is 11.7. The quantitative estimate of drug-likeness (QED) is 0.776. The summed E-state index contributed by atoms with van der Waals surface area (Å²) in [6.45, 7) is 4.18. The van der Waals surface area contributed by atoms with Crippen molar-refractivity contribution < 1.29 is 9.59 Å². The molecule has 1 amide bonds. The Bertz CT molecular complexity index is 439. The third kappa shape index (κ3) is 1.62. The predicted octanol–water partition coefficient (Wildman–Crippen LogP) is 2.01. The lowest BCUT2D eigenvalue weighted by molar-refractivity contribution is -0.122. The van der Waals surface area contributed by atoms with E-state index in [0.29, 0.717) is 13.0 Å². The predicted molar refractivity (Wildman–Crippen MR) is 61.1 cm³/mol. The zero-order valence-electron chi connectivity index (χ0n) is 9.56. The van der Waals surface area contributed by atoms with Crippen molar-refractivity contribution in [3.05, 3.63) is 35.4 Å². The summed E-state index contributed by atoms with van der Waals surface area (Å²) >= 11 is 0. The number of carbonyl (C=O) groups excluding carboxylic acids is 2. The summed E-state index contributed by atoms with van der Waals surface area (Å²) in [5, 5.41) is 0. The van der Waals surface area contributed by atoms with Gasteiger partial charge in [0, 0.05) is 18.5 Å². The monoisotopic (exact) mass is 217 g/mol. The number of hydrogen-bond donors (Lipinski definition) is 0. The van der Waals surface area contributed by atoms with Crippen LogP contribution in [0.15, 0.2) is 24.3 Å². The summed E-state index contributed by atoms with van der Waals surface area (Å²) in [6.07, 6.45) is 0.474. The van der Waals surface area contributed by atoms with Gasteiger partial charge in [0.15, 0.2) is 5.78 Å². The molecular weight excluding hydrogens is 202 g/mol. The van der Waals surface area contributed by atoms with E-state index in [-0.39, 0.29) is 17.7 Å². The highest BCUT2D eigenvalue weighted by molar-refractivity contribution is 6.01. The lowest BCUT2D eigenvalue weighted by Gasteiger charge is -2.22. The fraction of sp³-hybridized carbons (Fsp3) is 0.385. The van der Waals surface area contributed by atoms with Gasteiger partial charge in [-0.1, -0.05) is 25.1 Å². The number of Topliss-reactive ketones (excluding diaryl/α,β-unsaturated/α-hetero) is 1. The maximum Gasteiger partial charge on any atom is 0.255 e. The Morgan fingerprint density at radius 2 is 2.12 bits per heavy atom. The minimum atomic E-state index is -0.315. The fourth-order valence-electron chi connectivity index (χ4n) is 2.06. The van der Waals surface area contributed by atoms with Crippen molar-refractivity contribution in [2.45, 2.75) is 32.9 Å². The van der Waals surface area contributed by atoms with Crippen molar-refractivity contribution >= 4 is 11.7 Å². The maximum atomic E-state index is 12.0. The topological polar surface area (TPSA) is 37.4 Å². The molecule has 1 aromatic rings. The van der Waals surface area contributed by atoms with Crippen molar-refractivity contribution in [3.8, 4) is 0 Å². The smallest absolute Gasteiger partial charge is 0.255 e. The minimum absolute atomic E-state index is 0.0232. The molecule has 3 heteroatoms. The molecule has 3 nitrogen and oxygen atoms in total. The molecule has 1 atom stereocenters. The van der Waals surface area contributed by atoms with Crippen LogP contribution in [0.3, 0.4) is 0 Å². The lowest BCUT2D eigenvalue weighted by Crippen LogP contribution is -2.38. The fourth-order valence-corrected chi connectivity index (χ4v) is 2.06. The third-order valence-electron chi connectivity index (χ3n) is 3.13. The van der Waals surface area contributed by atoms with E-state index in [1.165, 1.54) is 0 Å². The first-order valence-electron chi connectivity index (χ1n) is 5.56. The van der Waals surface area contributed by atoms with Crippen LogP contribution in [0.5, 0.6) is 0 Å². The summed E-state index contributed by atoms with van der Waals surface area (Å²) in [5.74, 6) is 0.0889. The average molecular weight is 217 g/mol. The largest absolute Gasteiger partial charge is 0.325 e. The maximum absolute atomic E-state index is 12.0. The van der Waals surface area contributed by atoms with Gasteiger partial charge in [0.1, 0.15) is 0 Å². The second kappa shape index (κ2) is 4.08. The van der Waals surface area contributed by atoms with Crippen LogP contribution in [0.4, 0.5) is 0 Å². The van der Waals surface area contributed by atoms with E-state index in [9.17, 15) is 9.59 Å². The molecule has 16 heavy (non-hydrogen) atoms. The number of amides is 1. The van der Waals surface area contributed by atoms with E-state index in [4.69, 9.17) is 0 Å². The summed E-state index contributed by atoms with van der Waals surface area (Å²) in [5.41, 5.74) is 1.75. The van der Waals surface area contributed by atoms with Crippen LogP contribution in [0, 0.1) is 0 Å². The summed E-state index contributed by atoms with van der Waals surface area (Å²) in [6, 6.07) is 7.22. The first kappa shape index (κ1) is 10.9. The molecule has 1 aromatic carbocycles. The molecule has 0 aliphatic carbocycles. The van der Waals surface area contributed by atoms with Crippen LogP contribution in [0.1, 0.15) is 36.2 Å². The van der Waals surface area contributed by atoms with Gasteiger partial charge in [-0.25, -0.2) is 0 Å². The van der Waals surface area contributed by atoms with Crippen molar-refractivity contribution in [2.75, 3.05) is 0 Å². The molecule has 0 fully saturated rings. The Balaban J connectivity index is 2.25. The average Bonchev–Trinajstić information content (AvgIpc) is 2.65. The normalized spacial score (nSPS) is 16.1. The van der Waals surface area contributed by atoms with Crippen LogP contribution in [0.25, 0.3) is 0 Å². The molecule has 0 N–H and O–H groups in total. The van der Waals surface area contributed by atoms with Gasteiger partial charge in [0.2, 0.25) is 0 Å². The molecule has 0 radical (unpaired) electrons. The minimum Gasteiger partial charge on any atom is -0.325 e. The molecule has 1 heterocycles. The SMILES string of the molecule is CCC(=O)C(C)N1Cc2ccccc2C1=O. The summed E-state index contributed by atoms with van der Waals surface area (Å²) < 4.78 is 0. The van der Waals surface area contributed by atoms with Gasteiger partial charge in [-0.05, 0) is 18.6 Å². The Morgan fingerprint density at radius 1 is 1.44 bits per heavy atom. The lowest BCUT2D eigenvalue weighted by atomic mass is 10.1. The van der Waals surface area contributed by atoms with Gasteiger partial charge < -0.3 is 4.90 Å². The van der Waals surface area contributed by atoms with Gasteiger partial charge in [-0.3, -0.25) is 9.59 Å². The number of rotatable bonds is 3. The highest BCUT2D eigenvalue weighted by Crippen LogP contribution is 2.24. The second-order valence-electron chi connectivity index (χ2n) is 4.09. The van der Waals surface area contributed by atoms with E-state index in [0.717, 1.165) is 11.1 Å². The van der Waals surface area contributed by atoms with Gasteiger partial charge in [-0.15, -0.1) is 0 Å². The molecule has 1 aliphatic rings. The van der Waals surface area contributed by atoms with Gasteiger partial charge in [0.05, 0.1) is 6.04 Å². The number of fused-ring (bicyclic) bond motifs is 1. The Morgan fingerprint density at radius 3 is 2.75 bits per heavy atom. The van der Waals surface area contributed by atoms with Gasteiger partial charge in [-0.2, -0.15) is 0 Å².